The van der Waals surface area contributed by atoms with Gasteiger partial charge in [-0.2, -0.15) is 10.2 Å². The van der Waals surface area contributed by atoms with E-state index in [1.165, 1.54) is 4.90 Å². The van der Waals surface area contributed by atoms with Crippen molar-refractivity contribution in [1.29, 1.82) is 0 Å². The number of carbonyl (C=O) groups excluding carboxylic acids is 1. The van der Waals surface area contributed by atoms with Crippen molar-refractivity contribution in [2.45, 2.75) is 39.0 Å². The molecule has 0 saturated carbocycles. The van der Waals surface area contributed by atoms with Gasteiger partial charge in [0.15, 0.2) is 0 Å². The van der Waals surface area contributed by atoms with E-state index in [0.717, 1.165) is 5.69 Å². The molecule has 3 heterocycles. The topological polar surface area (TPSA) is 87.1 Å². The van der Waals surface area contributed by atoms with E-state index in [2.05, 4.69) is 15.3 Å². The number of aryl methyl sites for hydroxylation is 2. The number of rotatable bonds is 5. The lowest BCUT2D eigenvalue weighted by Gasteiger charge is -2.28. The maximum Gasteiger partial charge on any atom is 0.277 e. The average molecular weight is 376 g/mol. The molecular formula is C18H25FN6O2. The minimum absolute atomic E-state index is 0.0954. The molecule has 0 aliphatic carbocycles. The number of likely N-dealkylation sites (tertiary alicyclic amines) is 1. The summed E-state index contributed by atoms with van der Waals surface area (Å²) in [6.07, 6.45) is 1.14. The second-order valence-electron chi connectivity index (χ2n) is 7.19. The van der Waals surface area contributed by atoms with Gasteiger partial charge in [-0.15, -0.1) is 0 Å². The van der Waals surface area contributed by atoms with Crippen LogP contribution in [0.5, 0.6) is 0 Å². The predicted octanol–water partition coefficient (Wildman–Crippen LogP) is 0.805. The summed E-state index contributed by atoms with van der Waals surface area (Å²) in [4.78, 5) is 28.5. The molecule has 8 nitrogen and oxygen atoms in total. The molecule has 2 aromatic heterocycles. The van der Waals surface area contributed by atoms with Crippen molar-refractivity contribution in [3.63, 3.8) is 0 Å². The lowest BCUT2D eigenvalue weighted by Crippen LogP contribution is -2.42. The molecule has 3 rings (SSSR count). The molecule has 1 aliphatic rings. The molecule has 1 saturated heterocycles. The third-order valence-corrected chi connectivity index (χ3v) is 5.28. The number of aromatic amines is 1. The quantitative estimate of drug-likeness (QED) is 0.834. The Morgan fingerprint density at radius 1 is 1.44 bits per heavy atom. The van der Waals surface area contributed by atoms with E-state index in [-0.39, 0.29) is 17.5 Å². The van der Waals surface area contributed by atoms with Crippen molar-refractivity contribution < 1.29 is 9.18 Å². The number of nitrogens with one attached hydrogen (secondary N) is 1. The van der Waals surface area contributed by atoms with Crippen molar-refractivity contribution in [3.05, 3.63) is 45.1 Å². The highest BCUT2D eigenvalue weighted by atomic mass is 19.1. The Balaban J connectivity index is 1.75. The van der Waals surface area contributed by atoms with Gasteiger partial charge in [-0.1, -0.05) is 0 Å². The van der Waals surface area contributed by atoms with Crippen LogP contribution < -0.4 is 5.56 Å². The molecule has 0 radical (unpaired) electrons. The zero-order valence-corrected chi connectivity index (χ0v) is 16.1. The maximum atomic E-state index is 14.1. The minimum Gasteiger partial charge on any atom is -0.340 e. The monoisotopic (exact) mass is 376 g/mol. The van der Waals surface area contributed by atoms with Crippen LogP contribution in [0.1, 0.15) is 33.7 Å². The van der Waals surface area contributed by atoms with Gasteiger partial charge in [0.2, 0.25) is 0 Å². The van der Waals surface area contributed by atoms with Gasteiger partial charge in [-0.25, -0.2) is 9.49 Å². The number of halogens is 1. The number of H-pyrrole nitrogens is 1. The van der Waals surface area contributed by atoms with Gasteiger partial charge in [-0.3, -0.25) is 19.2 Å². The summed E-state index contributed by atoms with van der Waals surface area (Å²) < 4.78 is 15.8. The van der Waals surface area contributed by atoms with Crippen molar-refractivity contribution in [1.82, 2.24) is 29.8 Å². The number of aromatic nitrogens is 4. The van der Waals surface area contributed by atoms with E-state index in [0.29, 0.717) is 37.3 Å². The lowest BCUT2D eigenvalue weighted by atomic mass is 10.1. The van der Waals surface area contributed by atoms with Gasteiger partial charge in [0.25, 0.3) is 11.5 Å². The second kappa shape index (κ2) is 7.59. The Labute approximate surface area is 157 Å². The number of alkyl halides is 1. The van der Waals surface area contributed by atoms with Crippen molar-refractivity contribution >= 4 is 5.91 Å². The smallest absolute Gasteiger partial charge is 0.277 e. The van der Waals surface area contributed by atoms with E-state index in [9.17, 15) is 14.0 Å². The van der Waals surface area contributed by atoms with E-state index in [1.54, 1.807) is 31.8 Å². The molecule has 2 aromatic rings. The Kier molecular flexibility index (Phi) is 5.41. The van der Waals surface area contributed by atoms with Crippen LogP contribution in [0.25, 0.3) is 0 Å². The number of hydrogen-bond donors (Lipinski definition) is 1. The zero-order valence-electron chi connectivity index (χ0n) is 16.1. The van der Waals surface area contributed by atoms with Crippen LogP contribution in [0, 0.1) is 13.8 Å². The van der Waals surface area contributed by atoms with Crippen LogP contribution >= 0.6 is 0 Å². The highest BCUT2D eigenvalue weighted by Crippen LogP contribution is 2.23. The Morgan fingerprint density at radius 3 is 2.85 bits per heavy atom. The number of carbonyl (C=O) groups is 1. The molecule has 0 unspecified atom stereocenters. The fourth-order valence-corrected chi connectivity index (χ4v) is 3.54. The molecule has 0 aromatic carbocycles. The van der Waals surface area contributed by atoms with E-state index in [1.807, 2.05) is 18.0 Å². The first-order valence-corrected chi connectivity index (χ1v) is 8.94. The molecule has 0 spiro atoms. The van der Waals surface area contributed by atoms with Crippen LogP contribution in [0.4, 0.5) is 4.39 Å². The van der Waals surface area contributed by atoms with Crippen LogP contribution in [-0.2, 0) is 13.6 Å². The van der Waals surface area contributed by atoms with Crippen LogP contribution in [0.15, 0.2) is 17.1 Å². The zero-order chi connectivity index (χ0) is 19.7. The average Bonchev–Trinajstić information content (AvgIpc) is 3.17. The van der Waals surface area contributed by atoms with Crippen LogP contribution in [0.3, 0.4) is 0 Å². The van der Waals surface area contributed by atoms with Crippen LogP contribution in [0.2, 0.25) is 0 Å². The summed E-state index contributed by atoms with van der Waals surface area (Å²) in [6, 6.07) is 1.78. The third-order valence-electron chi connectivity index (χ3n) is 5.28. The molecule has 0 bridgehead atoms. The summed E-state index contributed by atoms with van der Waals surface area (Å²) in [5.74, 6) is -0.373. The number of amides is 1. The Hall–Kier alpha value is -2.55. The molecular weight excluding hydrogens is 351 g/mol. The van der Waals surface area contributed by atoms with Gasteiger partial charge in [-0.05, 0) is 31.9 Å². The molecule has 27 heavy (non-hydrogen) atoms. The molecule has 9 heteroatoms. The number of hydrogen-bond acceptors (Lipinski definition) is 5. The van der Waals surface area contributed by atoms with Gasteiger partial charge < -0.3 is 4.90 Å². The molecule has 146 valence electrons. The molecule has 1 aliphatic heterocycles. The highest BCUT2D eigenvalue weighted by Gasteiger charge is 2.34. The summed E-state index contributed by atoms with van der Waals surface area (Å²) >= 11 is 0. The summed E-state index contributed by atoms with van der Waals surface area (Å²) in [7, 11) is 3.49. The predicted molar refractivity (Wildman–Crippen MR) is 98.2 cm³/mol. The first kappa shape index (κ1) is 19.2. The number of likely N-dealkylation sites (N-methyl/N-ethyl adjacent to an activating group) is 1. The van der Waals surface area contributed by atoms with E-state index < -0.39 is 11.7 Å². The van der Waals surface area contributed by atoms with E-state index >= 15 is 0 Å². The first-order valence-electron chi connectivity index (χ1n) is 8.94. The molecule has 1 N–H and O–H groups in total. The summed E-state index contributed by atoms with van der Waals surface area (Å²) in [5, 5.41) is 10.4. The van der Waals surface area contributed by atoms with Crippen molar-refractivity contribution in [3.8, 4) is 0 Å². The SMILES string of the molecule is Cc1n[nH]c(=O)c(C(=O)N(C)C[C@@H]2C[C@H](F)CN2Cc2ccnn2C)c1C. The van der Waals surface area contributed by atoms with Gasteiger partial charge in [0.05, 0.1) is 11.4 Å². The minimum atomic E-state index is -0.931. The van der Waals surface area contributed by atoms with Crippen LogP contribution in [-0.4, -0.2) is 68.0 Å². The molecule has 2 atom stereocenters. The van der Waals surface area contributed by atoms with E-state index in [4.69, 9.17) is 0 Å². The summed E-state index contributed by atoms with van der Waals surface area (Å²) in [6.45, 7) is 4.68. The molecule has 1 amide bonds. The fraction of sp³-hybridized carbons (Fsp3) is 0.556. The second-order valence-corrected chi connectivity index (χ2v) is 7.19. The third kappa shape index (κ3) is 3.92. The largest absolute Gasteiger partial charge is 0.340 e. The highest BCUT2D eigenvalue weighted by molar-refractivity contribution is 5.95. The molecule has 1 fully saturated rings. The maximum absolute atomic E-state index is 14.1. The van der Waals surface area contributed by atoms with Gasteiger partial charge >= 0.3 is 0 Å². The lowest BCUT2D eigenvalue weighted by molar-refractivity contribution is 0.0745. The summed E-state index contributed by atoms with van der Waals surface area (Å²) in [5.41, 5.74) is 1.75. The Bertz CT molecular complexity index is 892. The fourth-order valence-electron chi connectivity index (χ4n) is 3.54. The standard InChI is InChI=1S/C18H25FN6O2/c1-11-12(2)21-22-17(26)16(11)18(27)23(3)9-15-7-13(19)8-25(15)10-14-5-6-20-24(14)4/h5-6,13,15H,7-10H2,1-4H3,(H,22,26)/t13-,15-/m0/s1. The first-order chi connectivity index (χ1) is 12.8. The Morgan fingerprint density at radius 2 is 2.19 bits per heavy atom. The normalized spacial score (nSPS) is 20.2. The van der Waals surface area contributed by atoms with Gasteiger partial charge in [0, 0.05) is 46.0 Å². The van der Waals surface area contributed by atoms with Crippen molar-refractivity contribution in [2.75, 3.05) is 20.1 Å². The van der Waals surface area contributed by atoms with Crippen molar-refractivity contribution in [2.24, 2.45) is 7.05 Å². The number of nitrogens with zero attached hydrogens (tertiary/aromatic N) is 5. The van der Waals surface area contributed by atoms with Gasteiger partial charge in [0.1, 0.15) is 11.7 Å².